The topological polar surface area (TPSA) is 228 Å². The lowest BCUT2D eigenvalue weighted by molar-refractivity contribution is -0.144. The molecule has 7 atom stereocenters. The highest BCUT2D eigenvalue weighted by Crippen LogP contribution is 2.63. The van der Waals surface area contributed by atoms with Crippen LogP contribution in [0.5, 0.6) is 11.5 Å². The summed E-state index contributed by atoms with van der Waals surface area (Å²) < 4.78 is 18.7. The van der Waals surface area contributed by atoms with Crippen LogP contribution in [-0.4, -0.2) is 116 Å². The fourth-order valence-corrected chi connectivity index (χ4v) is 9.24. The summed E-state index contributed by atoms with van der Waals surface area (Å²) in [5.41, 5.74) is 12.9. The van der Waals surface area contributed by atoms with Gasteiger partial charge in [0, 0.05) is 55.9 Å². The Labute approximate surface area is 308 Å². The Kier molecular flexibility index (Phi) is 11.2. The van der Waals surface area contributed by atoms with Crippen molar-refractivity contribution in [2.75, 3.05) is 46.9 Å². The Hall–Kier alpha value is -4.86. The number of carbonyl (C=O) groups excluding carboxylic acids is 4. The van der Waals surface area contributed by atoms with E-state index in [0.717, 1.165) is 24.9 Å². The zero-order chi connectivity index (χ0) is 38.0. The molecule has 0 radical (unpaired) electrons. The second-order valence-electron chi connectivity index (χ2n) is 14.9. The van der Waals surface area contributed by atoms with Crippen LogP contribution in [0.15, 0.2) is 29.0 Å². The van der Waals surface area contributed by atoms with Crippen LogP contribution >= 0.6 is 0 Å². The second-order valence-corrected chi connectivity index (χ2v) is 14.9. The van der Waals surface area contributed by atoms with E-state index in [9.17, 15) is 29.1 Å². The molecule has 7 N–H and O–H groups in total. The van der Waals surface area contributed by atoms with Gasteiger partial charge >= 0.3 is 12.1 Å². The van der Waals surface area contributed by atoms with Gasteiger partial charge in [0.1, 0.15) is 5.76 Å². The highest BCUT2D eigenvalue weighted by molar-refractivity contribution is 5.89. The minimum absolute atomic E-state index is 0.0486. The van der Waals surface area contributed by atoms with Gasteiger partial charge < -0.3 is 51.2 Å². The van der Waals surface area contributed by atoms with Crippen molar-refractivity contribution in [2.45, 2.75) is 81.9 Å². The number of Topliss-reactive ketones (excluding diaryl/α,β-unsaturated/α-hetero) is 1. The van der Waals surface area contributed by atoms with Crippen molar-refractivity contribution in [3.63, 3.8) is 0 Å². The van der Waals surface area contributed by atoms with Gasteiger partial charge in [0.25, 0.3) is 0 Å². The number of benzene rings is 1. The van der Waals surface area contributed by atoms with E-state index in [2.05, 4.69) is 33.6 Å². The molecule has 2 bridgehead atoms. The average Bonchev–Trinajstić information content (AvgIpc) is 3.48. The average molecular weight is 738 g/mol. The maximum atomic E-state index is 14.1. The number of ether oxygens (including phenoxy) is 3. The number of rotatable bonds is 14. The van der Waals surface area contributed by atoms with Crippen LogP contribution in [0.2, 0.25) is 0 Å². The number of guanidine groups is 1. The maximum Gasteiger partial charge on any atom is 0.415 e. The minimum atomic E-state index is -0.980. The molecule has 3 heterocycles. The van der Waals surface area contributed by atoms with Gasteiger partial charge in [0.05, 0.1) is 25.6 Å². The summed E-state index contributed by atoms with van der Waals surface area (Å²) in [5.74, 6) is -1.63. The lowest BCUT2D eigenvalue weighted by Gasteiger charge is -2.56. The number of piperidine rings is 2. The quantitative estimate of drug-likeness (QED) is 0.103. The molecule has 5 aliphatic rings. The van der Waals surface area contributed by atoms with Crippen LogP contribution in [-0.2, 0) is 35.8 Å². The van der Waals surface area contributed by atoms with E-state index in [1.54, 1.807) is 7.11 Å². The molecule has 2 fully saturated rings. The Bertz CT molecular complexity index is 1690. The maximum absolute atomic E-state index is 14.1. The number of allylic oxidation sites excluding steroid dienone is 1. The molecule has 2 saturated heterocycles. The summed E-state index contributed by atoms with van der Waals surface area (Å²) in [5, 5.41) is 15.2. The number of nitrogens with one attached hydrogen (secondary N) is 2. The first kappa shape index (κ1) is 37.9. The number of methoxy groups -OCH3 is 1. The van der Waals surface area contributed by atoms with Crippen molar-refractivity contribution in [3.05, 3.63) is 35.1 Å². The van der Waals surface area contributed by atoms with Gasteiger partial charge in [0.15, 0.2) is 29.3 Å². The number of likely N-dealkylation sites (N-methyl/N-ethyl adjacent to an activating group) is 1. The van der Waals surface area contributed by atoms with Crippen LogP contribution < -0.4 is 31.6 Å². The van der Waals surface area contributed by atoms with Gasteiger partial charge in [-0.05, 0) is 82.2 Å². The molecule has 3 amide bonds. The van der Waals surface area contributed by atoms with Gasteiger partial charge in [0.2, 0.25) is 11.8 Å². The molecule has 1 spiro atoms. The summed E-state index contributed by atoms with van der Waals surface area (Å²) >= 11 is 0. The third kappa shape index (κ3) is 7.50. The Morgan fingerprint density at radius 3 is 2.68 bits per heavy atom. The van der Waals surface area contributed by atoms with Crippen molar-refractivity contribution >= 4 is 35.6 Å². The van der Waals surface area contributed by atoms with E-state index in [1.807, 2.05) is 12.1 Å². The second kappa shape index (κ2) is 15.6. The number of aliphatic carboxylic acids is 1. The lowest BCUT2D eigenvalue weighted by atomic mass is 9.53. The number of nitrogens with two attached hydrogens (primary N) is 2. The number of carboxylic acids is 1. The molecular formula is C37H51N7O9. The van der Waals surface area contributed by atoms with Crippen LogP contribution in [0.4, 0.5) is 4.79 Å². The summed E-state index contributed by atoms with van der Waals surface area (Å²) in [6, 6.07) is 3.68. The molecule has 1 aromatic rings. The predicted molar refractivity (Wildman–Crippen MR) is 192 cm³/mol. The summed E-state index contributed by atoms with van der Waals surface area (Å²) in [4.78, 5) is 71.6. The van der Waals surface area contributed by atoms with Crippen LogP contribution in [0.1, 0.15) is 63.0 Å². The molecule has 288 valence electrons. The molecule has 2 unspecified atom stereocenters. The van der Waals surface area contributed by atoms with E-state index in [0.29, 0.717) is 36.1 Å². The predicted octanol–water partition coefficient (Wildman–Crippen LogP) is 1.04. The largest absolute Gasteiger partial charge is 0.493 e. The first-order valence-electron chi connectivity index (χ1n) is 18.4. The van der Waals surface area contributed by atoms with Crippen molar-refractivity contribution in [2.24, 2.45) is 34.2 Å². The number of amides is 3. The Morgan fingerprint density at radius 1 is 1.17 bits per heavy atom. The number of hydrogen-bond donors (Lipinski definition) is 5. The van der Waals surface area contributed by atoms with Crippen molar-refractivity contribution in [3.8, 4) is 11.5 Å². The first-order chi connectivity index (χ1) is 25.3. The molecule has 0 saturated carbocycles. The fraction of sp³-hybridized carbons (Fsp3) is 0.622. The van der Waals surface area contributed by atoms with Crippen LogP contribution in [0.25, 0.3) is 0 Å². The highest BCUT2D eigenvalue weighted by atomic mass is 16.6. The van der Waals surface area contributed by atoms with Gasteiger partial charge in [-0.1, -0.05) is 6.07 Å². The molecule has 3 aliphatic heterocycles. The molecule has 0 aromatic heterocycles. The van der Waals surface area contributed by atoms with Crippen LogP contribution in [0.3, 0.4) is 0 Å². The Balaban J connectivity index is 1.18. The molecule has 6 rings (SSSR count). The van der Waals surface area contributed by atoms with Gasteiger partial charge in [-0.2, -0.15) is 0 Å². The summed E-state index contributed by atoms with van der Waals surface area (Å²) in [6.45, 7) is 2.28. The number of hydrogen-bond acceptors (Lipinski definition) is 10. The van der Waals surface area contributed by atoms with Gasteiger partial charge in [-0.15, -0.1) is 0 Å². The highest BCUT2D eigenvalue weighted by Gasteiger charge is 2.65. The summed E-state index contributed by atoms with van der Waals surface area (Å²) in [7, 11) is 3.78. The van der Waals surface area contributed by atoms with Crippen molar-refractivity contribution in [1.29, 1.82) is 0 Å². The Morgan fingerprint density at radius 2 is 1.96 bits per heavy atom. The normalized spacial score (nSPS) is 27.3. The van der Waals surface area contributed by atoms with Crippen molar-refractivity contribution in [1.82, 2.24) is 20.4 Å². The first-order valence-corrected chi connectivity index (χ1v) is 18.4. The number of aliphatic imine (C=N–C) groups is 1. The van der Waals surface area contributed by atoms with E-state index >= 15 is 0 Å². The molecule has 1 aromatic carbocycles. The van der Waals surface area contributed by atoms with Gasteiger partial charge in [-0.25, -0.2) is 4.79 Å². The molecular weight excluding hydrogens is 686 g/mol. The molecule has 2 aliphatic carbocycles. The lowest BCUT2D eigenvalue weighted by Crippen LogP contribution is -2.63. The third-order valence-electron chi connectivity index (χ3n) is 11.8. The number of likely N-dealkylation sites (tertiary alicyclic amines) is 2. The summed E-state index contributed by atoms with van der Waals surface area (Å²) in [6.07, 6.45) is 4.14. The number of nitrogens with zero attached hydrogens (tertiary/aromatic N) is 3. The van der Waals surface area contributed by atoms with E-state index in [-0.39, 0.29) is 80.8 Å². The molecule has 16 heteroatoms. The van der Waals surface area contributed by atoms with Crippen molar-refractivity contribution < 1.29 is 43.3 Å². The third-order valence-corrected chi connectivity index (χ3v) is 11.8. The number of carbonyl (C=O) groups is 5. The van der Waals surface area contributed by atoms with E-state index in [1.165, 1.54) is 17.4 Å². The van der Waals surface area contributed by atoms with E-state index < -0.39 is 42.0 Å². The minimum Gasteiger partial charge on any atom is -0.493 e. The van der Waals surface area contributed by atoms with Gasteiger partial charge in [-0.3, -0.25) is 24.2 Å². The SMILES string of the molecule is COc1ccc2c3c1O[C@H]1C(OC(=O)N4CCC(C(=O)O)CC4CNC(=O)[C@H](CCCN=C(N)N)CC(=O)CNC(C)=O)=CC[C@H]4[C@@H](C2)N(C)CC[C@]314. The smallest absolute Gasteiger partial charge is 0.415 e. The zero-order valence-electron chi connectivity index (χ0n) is 30.6. The monoisotopic (exact) mass is 737 g/mol. The standard InChI is InChI=1S/C37H51N7O9/c1-20(45)41-19-25(46)16-22(5-4-12-40-35(38)39)33(47)42-18-24-15-23(34(48)49)10-13-44(24)36(50)52-29-9-7-26-27-17-21-6-8-28(51-3)31-30(21)37(26,32(29)53-31)11-14-43(27)2/h6,8-9,22-24,26-27,32H,4-5,7,10-19H2,1-3H3,(H,41,45)(H,42,47)(H,48,49)(H4,38,39,40)/t22-,23?,24?,26+,27-,32+,37+/m1/s1. The van der Waals surface area contributed by atoms with Crippen LogP contribution in [0, 0.1) is 17.8 Å². The fourth-order valence-electron chi connectivity index (χ4n) is 9.24. The number of carboxylic acid groups (broad SMARTS) is 1. The molecule has 53 heavy (non-hydrogen) atoms. The zero-order valence-corrected chi connectivity index (χ0v) is 30.6. The molecule has 16 nitrogen and oxygen atoms in total. The number of ketones is 1. The van der Waals surface area contributed by atoms with E-state index in [4.69, 9.17) is 25.7 Å².